The topological polar surface area (TPSA) is 90.0 Å². The van der Waals surface area contributed by atoms with Crippen LogP contribution in [0.3, 0.4) is 0 Å². The summed E-state index contributed by atoms with van der Waals surface area (Å²) < 4.78 is 3.12. The first kappa shape index (κ1) is 13.0. The Morgan fingerprint density at radius 2 is 2.21 bits per heavy atom. The maximum Gasteiger partial charge on any atom is 0.335 e. The van der Waals surface area contributed by atoms with Crippen molar-refractivity contribution in [2.75, 3.05) is 0 Å². The fourth-order valence-corrected chi connectivity index (χ4v) is 1.74. The fourth-order valence-electron chi connectivity index (χ4n) is 1.74. The van der Waals surface area contributed by atoms with Gasteiger partial charge >= 0.3 is 5.97 Å². The van der Waals surface area contributed by atoms with Gasteiger partial charge in [-0.2, -0.15) is 5.10 Å². The average molecular weight is 262 g/mol. The molecule has 2 rings (SSSR count). The van der Waals surface area contributed by atoms with E-state index in [0.717, 1.165) is 6.07 Å². The molecule has 0 saturated heterocycles. The normalized spacial score (nSPS) is 10.9. The second-order valence-electron chi connectivity index (χ2n) is 4.40. The van der Waals surface area contributed by atoms with Gasteiger partial charge in [0.05, 0.1) is 12.1 Å². The van der Waals surface area contributed by atoms with Crippen LogP contribution in [0.5, 0.6) is 0 Å². The first-order valence-corrected chi connectivity index (χ1v) is 5.81. The van der Waals surface area contributed by atoms with Crippen molar-refractivity contribution in [2.24, 2.45) is 0 Å². The molecule has 0 amide bonds. The number of rotatable bonds is 4. The molecule has 7 heteroatoms. The summed E-state index contributed by atoms with van der Waals surface area (Å²) in [6.45, 7) is 4.19. The molecular formula is C12H14N4O3. The first-order chi connectivity index (χ1) is 8.99. The van der Waals surface area contributed by atoms with Crippen LogP contribution >= 0.6 is 0 Å². The van der Waals surface area contributed by atoms with Gasteiger partial charge < -0.3 is 9.67 Å². The summed E-state index contributed by atoms with van der Waals surface area (Å²) in [6, 6.07) is 2.63. The lowest BCUT2D eigenvalue weighted by atomic mass is 10.3. The zero-order valence-electron chi connectivity index (χ0n) is 10.6. The van der Waals surface area contributed by atoms with Crippen molar-refractivity contribution in [3.63, 3.8) is 0 Å². The maximum absolute atomic E-state index is 11.8. The third kappa shape index (κ3) is 2.70. The van der Waals surface area contributed by atoms with E-state index >= 15 is 0 Å². The molecule has 0 radical (unpaired) electrons. The highest BCUT2D eigenvalue weighted by molar-refractivity contribution is 5.87. The molecule has 7 nitrogen and oxygen atoms in total. The van der Waals surface area contributed by atoms with Crippen molar-refractivity contribution >= 4 is 5.97 Å². The van der Waals surface area contributed by atoms with Crippen LogP contribution in [-0.4, -0.2) is 30.4 Å². The number of hydrogen-bond donors (Lipinski definition) is 1. The van der Waals surface area contributed by atoms with E-state index in [1.165, 1.54) is 23.2 Å². The molecule has 0 aliphatic heterocycles. The summed E-state index contributed by atoms with van der Waals surface area (Å²) in [7, 11) is 0. The SMILES string of the molecule is CC(C)n1ncnc1Cn1ccc(C(=O)O)cc1=O. The predicted molar refractivity (Wildman–Crippen MR) is 67.2 cm³/mol. The van der Waals surface area contributed by atoms with Crippen molar-refractivity contribution in [2.45, 2.75) is 26.4 Å². The molecule has 2 aromatic heterocycles. The Hall–Kier alpha value is -2.44. The van der Waals surface area contributed by atoms with Gasteiger partial charge in [0.1, 0.15) is 12.2 Å². The summed E-state index contributed by atoms with van der Waals surface area (Å²) in [5.74, 6) is -0.463. The van der Waals surface area contributed by atoms with Gasteiger partial charge in [0, 0.05) is 18.3 Å². The number of aromatic carboxylic acids is 1. The second kappa shape index (κ2) is 5.05. The molecule has 0 fully saturated rings. The summed E-state index contributed by atoms with van der Waals surface area (Å²) in [6.07, 6.45) is 2.89. The van der Waals surface area contributed by atoms with Gasteiger partial charge in [-0.1, -0.05) is 0 Å². The van der Waals surface area contributed by atoms with Crippen molar-refractivity contribution in [1.29, 1.82) is 0 Å². The zero-order valence-corrected chi connectivity index (χ0v) is 10.6. The van der Waals surface area contributed by atoms with Crippen LogP contribution in [0.15, 0.2) is 29.5 Å². The number of hydrogen-bond acceptors (Lipinski definition) is 4. The number of carboxylic acids is 1. The number of carboxylic acid groups (broad SMARTS) is 1. The minimum atomic E-state index is -1.12. The standard InChI is InChI=1S/C12H14N4O3/c1-8(2)16-10(13-7-14-16)6-15-4-3-9(12(18)19)5-11(15)17/h3-5,7-8H,6H2,1-2H3,(H,18,19). The van der Waals surface area contributed by atoms with Crippen molar-refractivity contribution in [1.82, 2.24) is 19.3 Å². The molecule has 1 N–H and O–H groups in total. The van der Waals surface area contributed by atoms with Crippen LogP contribution in [0, 0.1) is 0 Å². The van der Waals surface area contributed by atoms with E-state index in [1.807, 2.05) is 13.8 Å². The summed E-state index contributed by atoms with van der Waals surface area (Å²) in [5, 5.41) is 12.9. The Balaban J connectivity index is 2.31. The largest absolute Gasteiger partial charge is 0.478 e. The lowest BCUT2D eigenvalue weighted by molar-refractivity contribution is 0.0696. The van der Waals surface area contributed by atoms with E-state index in [4.69, 9.17) is 5.11 Å². The molecule has 0 saturated carbocycles. The van der Waals surface area contributed by atoms with Crippen LogP contribution in [0.4, 0.5) is 0 Å². The Kier molecular flexibility index (Phi) is 3.46. The zero-order chi connectivity index (χ0) is 14.0. The van der Waals surface area contributed by atoms with Crippen molar-refractivity contribution < 1.29 is 9.90 Å². The van der Waals surface area contributed by atoms with E-state index in [1.54, 1.807) is 4.68 Å². The molecule has 2 aromatic rings. The minimum absolute atomic E-state index is 0.0217. The van der Waals surface area contributed by atoms with E-state index in [9.17, 15) is 9.59 Å². The molecule has 0 atom stereocenters. The number of nitrogens with zero attached hydrogens (tertiary/aromatic N) is 4. The van der Waals surface area contributed by atoms with Gasteiger partial charge in [-0.15, -0.1) is 0 Å². The van der Waals surface area contributed by atoms with Gasteiger partial charge in [0.25, 0.3) is 5.56 Å². The van der Waals surface area contributed by atoms with Gasteiger partial charge in [-0.05, 0) is 19.9 Å². The molecule has 0 bridgehead atoms. The molecule has 0 spiro atoms. The Morgan fingerprint density at radius 3 is 2.79 bits per heavy atom. The van der Waals surface area contributed by atoms with Gasteiger partial charge in [0.15, 0.2) is 0 Å². The Labute approximate surface area is 109 Å². The van der Waals surface area contributed by atoms with E-state index in [2.05, 4.69) is 10.1 Å². The molecule has 19 heavy (non-hydrogen) atoms. The molecule has 0 unspecified atom stereocenters. The second-order valence-corrected chi connectivity index (χ2v) is 4.40. The molecule has 0 aromatic carbocycles. The summed E-state index contributed by atoms with van der Waals surface area (Å²) in [4.78, 5) is 26.7. The third-order valence-electron chi connectivity index (χ3n) is 2.69. The molecule has 0 aliphatic carbocycles. The Morgan fingerprint density at radius 1 is 1.47 bits per heavy atom. The molecule has 100 valence electrons. The lowest BCUT2D eigenvalue weighted by Gasteiger charge is -2.10. The van der Waals surface area contributed by atoms with Gasteiger partial charge in [0.2, 0.25) is 0 Å². The highest BCUT2D eigenvalue weighted by Crippen LogP contribution is 2.06. The monoisotopic (exact) mass is 262 g/mol. The number of pyridine rings is 1. The third-order valence-corrected chi connectivity index (χ3v) is 2.69. The summed E-state index contributed by atoms with van der Waals surface area (Å²) in [5.41, 5.74) is -0.398. The van der Waals surface area contributed by atoms with Crippen LogP contribution in [0.25, 0.3) is 0 Å². The van der Waals surface area contributed by atoms with E-state index in [0.29, 0.717) is 5.82 Å². The Bertz CT molecular complexity index is 657. The van der Waals surface area contributed by atoms with E-state index in [-0.39, 0.29) is 23.7 Å². The van der Waals surface area contributed by atoms with Crippen LogP contribution in [-0.2, 0) is 6.54 Å². The van der Waals surface area contributed by atoms with Gasteiger partial charge in [-0.25, -0.2) is 14.5 Å². The van der Waals surface area contributed by atoms with Crippen molar-refractivity contribution in [3.05, 3.63) is 46.4 Å². The van der Waals surface area contributed by atoms with Crippen LogP contribution < -0.4 is 5.56 Å². The number of carbonyl (C=O) groups is 1. The van der Waals surface area contributed by atoms with Crippen LogP contribution in [0.1, 0.15) is 36.1 Å². The number of aromatic nitrogens is 4. The first-order valence-electron chi connectivity index (χ1n) is 5.81. The van der Waals surface area contributed by atoms with Gasteiger partial charge in [-0.3, -0.25) is 4.79 Å². The molecule has 0 aliphatic rings. The molecule has 2 heterocycles. The predicted octanol–water partition coefficient (Wildman–Crippen LogP) is 0.767. The lowest BCUT2D eigenvalue weighted by Crippen LogP contribution is -2.23. The van der Waals surface area contributed by atoms with Crippen molar-refractivity contribution in [3.8, 4) is 0 Å². The van der Waals surface area contributed by atoms with Crippen LogP contribution in [0.2, 0.25) is 0 Å². The highest BCUT2D eigenvalue weighted by Gasteiger charge is 2.10. The fraction of sp³-hybridized carbons (Fsp3) is 0.333. The maximum atomic E-state index is 11.8. The molecular weight excluding hydrogens is 248 g/mol. The quantitative estimate of drug-likeness (QED) is 0.878. The summed E-state index contributed by atoms with van der Waals surface area (Å²) >= 11 is 0. The smallest absolute Gasteiger partial charge is 0.335 e. The minimum Gasteiger partial charge on any atom is -0.478 e. The highest BCUT2D eigenvalue weighted by atomic mass is 16.4. The average Bonchev–Trinajstić information content (AvgIpc) is 2.79. The van der Waals surface area contributed by atoms with E-state index < -0.39 is 5.97 Å².